The molecule has 0 unspecified atom stereocenters. The highest BCUT2D eigenvalue weighted by Crippen LogP contribution is 2.07. The Morgan fingerprint density at radius 3 is 2.57 bits per heavy atom. The number of hydrogen-bond acceptors (Lipinski definition) is 5. The van der Waals surface area contributed by atoms with E-state index in [4.69, 9.17) is 0 Å². The van der Waals surface area contributed by atoms with Crippen LogP contribution in [0.25, 0.3) is 0 Å². The summed E-state index contributed by atoms with van der Waals surface area (Å²) in [7, 11) is -1.27. The molecule has 21 heavy (non-hydrogen) atoms. The quantitative estimate of drug-likeness (QED) is 0.374. The van der Waals surface area contributed by atoms with Gasteiger partial charge in [0.05, 0.1) is 16.5 Å². The molecule has 1 rings (SSSR count). The van der Waals surface area contributed by atoms with E-state index in [1.807, 2.05) is 12.3 Å². The number of nitrogens with one attached hydrogen (secondary N) is 2. The van der Waals surface area contributed by atoms with Crippen molar-refractivity contribution < 1.29 is 8.42 Å². The van der Waals surface area contributed by atoms with Crippen molar-refractivity contribution in [2.45, 2.75) is 20.3 Å². The third kappa shape index (κ3) is 8.57. The molecule has 9 heteroatoms. The van der Waals surface area contributed by atoms with Crippen molar-refractivity contribution >= 4 is 51.1 Å². The topological polar surface area (TPSA) is 83.5 Å². The molecule has 0 saturated carbocycles. The van der Waals surface area contributed by atoms with Crippen molar-refractivity contribution in [2.24, 2.45) is 4.99 Å². The maximum Gasteiger partial charge on any atom is 0.191 e. The Kier molecular flexibility index (Phi) is 10.1. The van der Waals surface area contributed by atoms with Gasteiger partial charge in [0.1, 0.15) is 0 Å². The van der Waals surface area contributed by atoms with Gasteiger partial charge in [-0.05, 0) is 6.92 Å². The van der Waals surface area contributed by atoms with Crippen molar-refractivity contribution in [3.8, 4) is 0 Å². The summed E-state index contributed by atoms with van der Waals surface area (Å²) in [4.78, 5) is 8.43. The van der Waals surface area contributed by atoms with Crippen LogP contribution in [0.15, 0.2) is 10.4 Å². The maximum atomic E-state index is 11.4. The van der Waals surface area contributed by atoms with E-state index in [0.717, 1.165) is 17.1 Å². The Morgan fingerprint density at radius 2 is 2.05 bits per heavy atom. The van der Waals surface area contributed by atoms with Crippen LogP contribution in [0.2, 0.25) is 0 Å². The predicted molar refractivity (Wildman–Crippen MR) is 99.7 cm³/mol. The summed E-state index contributed by atoms with van der Waals surface area (Å²) >= 11 is 1.64. The van der Waals surface area contributed by atoms with Gasteiger partial charge in [-0.1, -0.05) is 6.92 Å². The van der Waals surface area contributed by atoms with Crippen LogP contribution >= 0.6 is 35.3 Å². The molecule has 1 aromatic heterocycles. The Hall–Kier alpha value is -0.420. The Balaban J connectivity index is 0.00000400. The van der Waals surface area contributed by atoms with Gasteiger partial charge in [0.25, 0.3) is 0 Å². The van der Waals surface area contributed by atoms with Crippen LogP contribution < -0.4 is 10.6 Å². The fourth-order valence-corrected chi connectivity index (χ4v) is 2.87. The lowest BCUT2D eigenvalue weighted by atomic mass is 10.3. The minimum Gasteiger partial charge on any atom is -0.356 e. The lowest BCUT2D eigenvalue weighted by molar-refractivity contribution is 0.595. The first-order chi connectivity index (χ1) is 9.46. The molecule has 0 fully saturated rings. The highest BCUT2D eigenvalue weighted by atomic mass is 127. The van der Waals surface area contributed by atoms with E-state index in [-0.39, 0.29) is 35.5 Å². The molecular weight excluding hydrogens is 423 g/mol. The molecule has 0 bridgehead atoms. The molecule has 0 radical (unpaired) electrons. The molecule has 0 aliphatic heterocycles. The minimum absolute atomic E-state index is 0. The number of sulfone groups is 1. The van der Waals surface area contributed by atoms with Crippen LogP contribution in [-0.4, -0.2) is 51.0 Å². The zero-order valence-corrected chi connectivity index (χ0v) is 16.5. The number of hydrogen-bond donors (Lipinski definition) is 2. The summed E-state index contributed by atoms with van der Waals surface area (Å²) in [6, 6.07) is 0. The Labute approximate surface area is 147 Å². The molecule has 122 valence electrons. The van der Waals surface area contributed by atoms with Crippen molar-refractivity contribution in [1.82, 2.24) is 15.6 Å². The largest absolute Gasteiger partial charge is 0.356 e. The van der Waals surface area contributed by atoms with Crippen LogP contribution in [0.1, 0.15) is 17.6 Å². The molecule has 6 nitrogen and oxygen atoms in total. The zero-order chi connectivity index (χ0) is 15.0. The number of aliphatic imine (C=N–C) groups is 1. The second-order valence-electron chi connectivity index (χ2n) is 4.27. The normalized spacial score (nSPS) is 11.9. The third-order valence-electron chi connectivity index (χ3n) is 2.71. The van der Waals surface area contributed by atoms with E-state index in [1.54, 1.807) is 25.3 Å². The lowest BCUT2D eigenvalue weighted by Crippen LogP contribution is -2.40. The fourth-order valence-electron chi connectivity index (χ4n) is 1.52. The summed E-state index contributed by atoms with van der Waals surface area (Å²) in [6.45, 7) is 4.71. The van der Waals surface area contributed by atoms with Gasteiger partial charge in [-0.15, -0.1) is 35.3 Å². The van der Waals surface area contributed by atoms with Crippen molar-refractivity contribution in [2.75, 3.05) is 31.6 Å². The van der Waals surface area contributed by atoms with E-state index < -0.39 is 9.84 Å². The molecule has 1 aromatic rings. The molecule has 0 spiro atoms. The summed E-state index contributed by atoms with van der Waals surface area (Å²) in [5, 5.41) is 9.24. The molecule has 0 amide bonds. The van der Waals surface area contributed by atoms with Gasteiger partial charge >= 0.3 is 0 Å². The lowest BCUT2D eigenvalue weighted by Gasteiger charge is -2.11. The molecule has 0 aromatic carbocycles. The first kappa shape index (κ1) is 20.6. The average molecular weight is 446 g/mol. The van der Waals surface area contributed by atoms with E-state index in [9.17, 15) is 8.42 Å². The zero-order valence-electron chi connectivity index (χ0n) is 12.5. The van der Waals surface area contributed by atoms with E-state index in [0.29, 0.717) is 19.0 Å². The minimum atomic E-state index is -2.94. The predicted octanol–water partition coefficient (Wildman–Crippen LogP) is 1.21. The third-order valence-corrected chi connectivity index (χ3v) is 5.24. The van der Waals surface area contributed by atoms with Crippen LogP contribution in [0.3, 0.4) is 0 Å². The number of thiazole rings is 1. The standard InChI is InChI=1S/C12H22N4O2S2.HI/c1-4-20(17,18)8-7-15-12(13-3)14-6-5-11-9-19-10(2)16-11;/h9H,4-8H2,1-3H3,(H2,13,14,15);1H. The first-order valence-electron chi connectivity index (χ1n) is 6.52. The van der Waals surface area contributed by atoms with Gasteiger partial charge in [-0.3, -0.25) is 4.99 Å². The van der Waals surface area contributed by atoms with E-state index in [1.165, 1.54) is 0 Å². The number of guanidine groups is 1. The van der Waals surface area contributed by atoms with Crippen LogP contribution in [-0.2, 0) is 16.3 Å². The molecule has 0 aliphatic carbocycles. The molecule has 1 heterocycles. The summed E-state index contributed by atoms with van der Waals surface area (Å²) in [6.07, 6.45) is 0.818. The smallest absolute Gasteiger partial charge is 0.191 e. The second kappa shape index (κ2) is 10.3. The number of nitrogens with zero attached hydrogens (tertiary/aromatic N) is 2. The number of halogens is 1. The van der Waals surface area contributed by atoms with Crippen molar-refractivity contribution in [3.63, 3.8) is 0 Å². The SMILES string of the molecule is CCS(=O)(=O)CCNC(=NC)NCCc1csc(C)n1.I. The molecular formula is C12H23IN4O2S2. The van der Waals surface area contributed by atoms with Gasteiger partial charge in [-0.2, -0.15) is 0 Å². The van der Waals surface area contributed by atoms with Gasteiger partial charge < -0.3 is 10.6 Å². The summed E-state index contributed by atoms with van der Waals surface area (Å²) < 4.78 is 22.7. The molecule has 0 atom stereocenters. The average Bonchev–Trinajstić information content (AvgIpc) is 2.82. The monoisotopic (exact) mass is 446 g/mol. The summed E-state index contributed by atoms with van der Waals surface area (Å²) in [5.41, 5.74) is 1.06. The van der Waals surface area contributed by atoms with Crippen LogP contribution in [0.4, 0.5) is 0 Å². The van der Waals surface area contributed by atoms with Crippen molar-refractivity contribution in [3.05, 3.63) is 16.1 Å². The van der Waals surface area contributed by atoms with E-state index >= 15 is 0 Å². The summed E-state index contributed by atoms with van der Waals surface area (Å²) in [5.74, 6) is 0.905. The molecule has 2 N–H and O–H groups in total. The Bertz CT molecular complexity index is 543. The second-order valence-corrected chi connectivity index (χ2v) is 7.80. The van der Waals surface area contributed by atoms with Gasteiger partial charge in [0.15, 0.2) is 15.8 Å². The van der Waals surface area contributed by atoms with E-state index in [2.05, 4.69) is 20.6 Å². The Morgan fingerprint density at radius 1 is 1.38 bits per heavy atom. The highest BCUT2D eigenvalue weighted by Gasteiger charge is 2.07. The number of rotatable bonds is 7. The van der Waals surface area contributed by atoms with Crippen LogP contribution in [0.5, 0.6) is 0 Å². The highest BCUT2D eigenvalue weighted by molar-refractivity contribution is 14.0. The maximum absolute atomic E-state index is 11.4. The number of aryl methyl sites for hydroxylation is 1. The molecule has 0 aliphatic rings. The fraction of sp³-hybridized carbons (Fsp3) is 0.667. The van der Waals surface area contributed by atoms with Gasteiger partial charge in [0, 0.05) is 37.7 Å². The number of aromatic nitrogens is 1. The van der Waals surface area contributed by atoms with Gasteiger partial charge in [-0.25, -0.2) is 13.4 Å². The van der Waals surface area contributed by atoms with Crippen molar-refractivity contribution in [1.29, 1.82) is 0 Å². The van der Waals surface area contributed by atoms with Gasteiger partial charge in [0.2, 0.25) is 0 Å². The van der Waals surface area contributed by atoms with Crippen LogP contribution in [0, 0.1) is 6.92 Å². The molecule has 0 saturated heterocycles. The first-order valence-corrected chi connectivity index (χ1v) is 9.23.